The Labute approximate surface area is 160 Å². The Kier molecular flexibility index (Phi) is 6.41. The number of carbonyl (C=O) groups is 1. The minimum Gasteiger partial charge on any atom is -0.378 e. The summed E-state index contributed by atoms with van der Waals surface area (Å²) in [5, 5.41) is 4.32. The molecule has 6 nitrogen and oxygen atoms in total. The quantitative estimate of drug-likeness (QED) is 0.568. The number of ether oxygens (including phenoxy) is 1. The number of thioether (sulfide) groups is 1. The van der Waals surface area contributed by atoms with Crippen molar-refractivity contribution in [2.45, 2.75) is 11.8 Å². The topological polar surface area (TPSA) is 60.2 Å². The molecule has 1 aliphatic heterocycles. The van der Waals surface area contributed by atoms with Gasteiger partial charge in [-0.2, -0.15) is 5.10 Å². The molecule has 0 radical (unpaired) electrons. The van der Waals surface area contributed by atoms with Crippen LogP contribution in [0.2, 0.25) is 5.02 Å². The van der Waals surface area contributed by atoms with Crippen LogP contribution < -0.4 is 0 Å². The van der Waals surface area contributed by atoms with Crippen molar-refractivity contribution in [3.63, 3.8) is 0 Å². The molecule has 0 spiro atoms. The van der Waals surface area contributed by atoms with E-state index in [4.69, 9.17) is 28.6 Å². The first-order valence-electron chi connectivity index (χ1n) is 7.79. The maximum absolute atomic E-state index is 13.0. The number of carbonyl (C=O) groups excluding carboxylic acids is 1. The van der Waals surface area contributed by atoms with Gasteiger partial charge in [0.25, 0.3) is 0 Å². The van der Waals surface area contributed by atoms with E-state index in [1.807, 2.05) is 0 Å². The van der Waals surface area contributed by atoms with Crippen LogP contribution in [0.4, 0.5) is 0 Å². The van der Waals surface area contributed by atoms with Crippen molar-refractivity contribution in [1.29, 1.82) is 0 Å². The highest BCUT2D eigenvalue weighted by Gasteiger charge is 2.26. The minimum atomic E-state index is -0.391. The number of thiocarbonyl (C=S) groups is 1. The normalized spacial score (nSPS) is 15.8. The molecule has 132 valence electrons. The van der Waals surface area contributed by atoms with E-state index in [-0.39, 0.29) is 5.78 Å². The number of aromatic nitrogens is 3. The molecule has 3 rings (SSSR count). The third kappa shape index (κ3) is 5.01. The van der Waals surface area contributed by atoms with Crippen molar-refractivity contribution in [1.82, 2.24) is 19.7 Å². The van der Waals surface area contributed by atoms with Crippen molar-refractivity contribution in [2.24, 2.45) is 0 Å². The molecule has 1 saturated heterocycles. The molecule has 1 fully saturated rings. The van der Waals surface area contributed by atoms with Crippen LogP contribution in [0.3, 0.4) is 0 Å². The summed E-state index contributed by atoms with van der Waals surface area (Å²) in [6.45, 7) is 3.20. The Hall–Kier alpha value is -1.48. The zero-order valence-corrected chi connectivity index (χ0v) is 15.8. The van der Waals surface area contributed by atoms with Crippen LogP contribution in [-0.2, 0) is 11.3 Å². The van der Waals surface area contributed by atoms with E-state index in [1.54, 1.807) is 35.3 Å². The van der Waals surface area contributed by atoms with Crippen LogP contribution >= 0.6 is 35.6 Å². The van der Waals surface area contributed by atoms with E-state index in [1.165, 1.54) is 18.1 Å². The summed E-state index contributed by atoms with van der Waals surface area (Å²) in [5.41, 5.74) is 0.604. The van der Waals surface area contributed by atoms with Crippen LogP contribution in [0.1, 0.15) is 10.4 Å². The van der Waals surface area contributed by atoms with Crippen molar-refractivity contribution < 1.29 is 9.53 Å². The molecule has 0 amide bonds. The summed E-state index contributed by atoms with van der Waals surface area (Å²) in [6, 6.07) is 6.90. The number of hydrogen-bond donors (Lipinski definition) is 0. The second kappa shape index (κ2) is 8.75. The van der Waals surface area contributed by atoms with Gasteiger partial charge in [0.1, 0.15) is 17.0 Å². The summed E-state index contributed by atoms with van der Waals surface area (Å²) in [7, 11) is 0. The second-order valence-electron chi connectivity index (χ2n) is 5.46. The van der Waals surface area contributed by atoms with E-state index in [0.717, 1.165) is 13.1 Å². The maximum Gasteiger partial charge on any atom is 0.178 e. The number of rotatable bonds is 5. The highest BCUT2D eigenvalue weighted by molar-refractivity contribution is 8.23. The van der Waals surface area contributed by atoms with Crippen molar-refractivity contribution in [2.75, 3.05) is 26.3 Å². The Morgan fingerprint density at radius 2 is 2.04 bits per heavy atom. The van der Waals surface area contributed by atoms with E-state index in [9.17, 15) is 4.79 Å². The third-order valence-corrected chi connectivity index (χ3v) is 5.66. The van der Waals surface area contributed by atoms with Crippen LogP contribution in [-0.4, -0.2) is 61.3 Å². The van der Waals surface area contributed by atoms with Gasteiger partial charge in [-0.1, -0.05) is 35.6 Å². The lowest BCUT2D eigenvalue weighted by atomic mass is 10.1. The average molecular weight is 397 g/mol. The summed E-state index contributed by atoms with van der Waals surface area (Å²) in [5.74, 6) is -0.00669. The average Bonchev–Trinajstić information content (AvgIpc) is 3.15. The van der Waals surface area contributed by atoms with Gasteiger partial charge in [-0.3, -0.25) is 9.48 Å². The Morgan fingerprint density at radius 3 is 2.68 bits per heavy atom. The van der Waals surface area contributed by atoms with Gasteiger partial charge in [0, 0.05) is 23.7 Å². The molecule has 0 aliphatic carbocycles. The first-order chi connectivity index (χ1) is 12.1. The van der Waals surface area contributed by atoms with E-state index >= 15 is 0 Å². The van der Waals surface area contributed by atoms with Crippen molar-refractivity contribution >= 4 is 45.7 Å². The molecule has 1 atom stereocenters. The monoisotopic (exact) mass is 396 g/mol. The number of ketones is 1. The summed E-state index contributed by atoms with van der Waals surface area (Å²) in [4.78, 5) is 19.0. The zero-order chi connectivity index (χ0) is 17.6. The number of morpholine rings is 1. The van der Waals surface area contributed by atoms with Gasteiger partial charge < -0.3 is 9.64 Å². The maximum atomic E-state index is 13.0. The first-order valence-corrected chi connectivity index (χ1v) is 9.45. The molecule has 0 saturated carbocycles. The second-order valence-corrected chi connectivity index (χ2v) is 7.73. The first kappa shape index (κ1) is 18.3. The lowest BCUT2D eigenvalue weighted by molar-refractivity contribution is 0.0702. The third-order valence-electron chi connectivity index (χ3n) is 3.75. The highest BCUT2D eigenvalue weighted by Crippen LogP contribution is 2.23. The van der Waals surface area contributed by atoms with Gasteiger partial charge in [0.15, 0.2) is 5.78 Å². The molecule has 2 heterocycles. The molecular formula is C16H17ClN4O2S2. The van der Waals surface area contributed by atoms with Crippen LogP contribution in [0.25, 0.3) is 0 Å². The van der Waals surface area contributed by atoms with Gasteiger partial charge in [-0.15, -0.1) is 0 Å². The number of Topliss-reactive ketones (excluding diaryl/α,β-unsaturated/α-hetero) is 1. The van der Waals surface area contributed by atoms with Crippen LogP contribution in [0, 0.1) is 0 Å². The van der Waals surface area contributed by atoms with Crippen molar-refractivity contribution in [3.8, 4) is 0 Å². The fourth-order valence-electron chi connectivity index (χ4n) is 2.41. The predicted octanol–water partition coefficient (Wildman–Crippen LogP) is 2.53. The van der Waals surface area contributed by atoms with E-state index < -0.39 is 5.25 Å². The summed E-state index contributed by atoms with van der Waals surface area (Å²) < 4.78 is 7.71. The smallest absolute Gasteiger partial charge is 0.178 e. The summed E-state index contributed by atoms with van der Waals surface area (Å²) >= 11 is 12.9. The van der Waals surface area contributed by atoms with Gasteiger partial charge in [-0.05, 0) is 24.3 Å². The van der Waals surface area contributed by atoms with Gasteiger partial charge in [0.2, 0.25) is 0 Å². The van der Waals surface area contributed by atoms with Gasteiger partial charge >= 0.3 is 0 Å². The lowest BCUT2D eigenvalue weighted by Gasteiger charge is -2.30. The molecule has 0 unspecified atom stereocenters. The SMILES string of the molecule is O=C(c1ccc(Cl)cc1)[C@H](Cn1cncn1)SC(=S)N1CCOCC1. The lowest BCUT2D eigenvalue weighted by Crippen LogP contribution is -2.40. The molecule has 1 aromatic heterocycles. The molecular weight excluding hydrogens is 380 g/mol. The number of benzene rings is 1. The minimum absolute atomic E-state index is 0.00669. The van der Waals surface area contributed by atoms with Gasteiger partial charge in [0.05, 0.1) is 25.0 Å². The molecule has 0 N–H and O–H groups in total. The predicted molar refractivity (Wildman–Crippen MR) is 102 cm³/mol. The largest absolute Gasteiger partial charge is 0.378 e. The van der Waals surface area contributed by atoms with Gasteiger partial charge in [-0.25, -0.2) is 4.98 Å². The molecule has 25 heavy (non-hydrogen) atoms. The van der Waals surface area contributed by atoms with Crippen LogP contribution in [0.5, 0.6) is 0 Å². The molecule has 2 aromatic rings. The molecule has 1 aromatic carbocycles. The van der Waals surface area contributed by atoms with Crippen LogP contribution in [0.15, 0.2) is 36.9 Å². The summed E-state index contributed by atoms with van der Waals surface area (Å²) in [6.07, 6.45) is 3.05. The standard InChI is InChI=1S/C16H17ClN4O2S2/c17-13-3-1-12(2-4-13)15(22)14(9-21-11-18-10-19-21)25-16(24)20-5-7-23-8-6-20/h1-4,10-11,14H,5-9H2/t14-/m0/s1. The molecule has 0 bridgehead atoms. The van der Waals surface area contributed by atoms with Crippen molar-refractivity contribution in [3.05, 3.63) is 47.5 Å². The number of hydrogen-bond acceptors (Lipinski definition) is 6. The Bertz CT molecular complexity index is 718. The fraction of sp³-hybridized carbons (Fsp3) is 0.375. The fourth-order valence-corrected chi connectivity index (χ4v) is 4.12. The number of halogens is 1. The van der Waals surface area contributed by atoms with E-state index in [0.29, 0.717) is 34.7 Å². The molecule has 9 heteroatoms. The Morgan fingerprint density at radius 1 is 1.32 bits per heavy atom. The highest BCUT2D eigenvalue weighted by atomic mass is 35.5. The van der Waals surface area contributed by atoms with E-state index in [2.05, 4.69) is 15.0 Å². The Balaban J connectivity index is 1.75. The number of nitrogens with zero attached hydrogens (tertiary/aromatic N) is 4. The zero-order valence-electron chi connectivity index (χ0n) is 13.4. The molecule has 1 aliphatic rings.